The molecule has 1 aliphatic rings. The highest BCUT2D eigenvalue weighted by atomic mass is 16.3. The van der Waals surface area contributed by atoms with E-state index in [2.05, 4.69) is 4.99 Å². The Morgan fingerprint density at radius 2 is 2.14 bits per heavy atom. The van der Waals surface area contributed by atoms with Crippen molar-refractivity contribution >= 4 is 6.21 Å². The van der Waals surface area contributed by atoms with E-state index in [1.54, 1.807) is 0 Å². The Morgan fingerprint density at radius 3 is 2.86 bits per heavy atom. The molecule has 1 aliphatic heterocycles. The molecule has 14 heavy (non-hydrogen) atoms. The molecule has 0 amide bonds. The van der Waals surface area contributed by atoms with Crippen molar-refractivity contribution in [3.63, 3.8) is 0 Å². The van der Waals surface area contributed by atoms with Crippen LogP contribution in [0.2, 0.25) is 0 Å². The second-order valence-corrected chi connectivity index (χ2v) is 4.22. The van der Waals surface area contributed by atoms with Gasteiger partial charge in [0.25, 0.3) is 0 Å². The van der Waals surface area contributed by atoms with Crippen molar-refractivity contribution in [2.24, 2.45) is 4.99 Å². The number of hydrogen-bond acceptors (Lipinski definition) is 2. The van der Waals surface area contributed by atoms with Gasteiger partial charge < -0.3 is 5.11 Å². The fourth-order valence-electron chi connectivity index (χ4n) is 1.92. The quantitative estimate of drug-likeness (QED) is 0.719. The van der Waals surface area contributed by atoms with E-state index in [9.17, 15) is 5.11 Å². The van der Waals surface area contributed by atoms with Gasteiger partial charge in [0, 0.05) is 12.8 Å². The lowest BCUT2D eigenvalue weighted by atomic mass is 9.88. The Balaban J connectivity index is 2.57. The van der Waals surface area contributed by atoms with Crippen LogP contribution in [0.15, 0.2) is 23.2 Å². The maximum atomic E-state index is 10.0. The fraction of sp³-hybridized carbons (Fsp3) is 0.417. The van der Waals surface area contributed by atoms with Crippen LogP contribution in [-0.2, 0) is 12.0 Å². The first kappa shape index (κ1) is 9.41. The van der Waals surface area contributed by atoms with Gasteiger partial charge in [-0.1, -0.05) is 18.2 Å². The molecular weight excluding hydrogens is 174 g/mol. The van der Waals surface area contributed by atoms with Crippen molar-refractivity contribution in [2.45, 2.75) is 25.9 Å². The van der Waals surface area contributed by atoms with Crippen LogP contribution in [0.1, 0.15) is 30.5 Å². The predicted octanol–water partition coefficient (Wildman–Crippen LogP) is 1.89. The molecule has 0 aromatic heterocycles. The second kappa shape index (κ2) is 3.21. The van der Waals surface area contributed by atoms with Gasteiger partial charge in [-0.2, -0.15) is 0 Å². The lowest BCUT2D eigenvalue weighted by Gasteiger charge is -2.24. The number of hydrogen-bond donors (Lipinski definition) is 1. The SMILES string of the molecule is CC(C)(O)c1cccc2c1CCN=C2. The molecule has 0 saturated heterocycles. The van der Waals surface area contributed by atoms with E-state index < -0.39 is 5.60 Å². The number of fused-ring (bicyclic) bond motifs is 1. The van der Waals surface area contributed by atoms with Crippen LogP contribution in [0.4, 0.5) is 0 Å². The Kier molecular flexibility index (Phi) is 2.16. The van der Waals surface area contributed by atoms with Gasteiger partial charge in [0.05, 0.1) is 5.60 Å². The van der Waals surface area contributed by atoms with E-state index in [0.717, 1.165) is 24.1 Å². The van der Waals surface area contributed by atoms with Gasteiger partial charge in [-0.25, -0.2) is 0 Å². The van der Waals surface area contributed by atoms with E-state index in [-0.39, 0.29) is 0 Å². The average molecular weight is 189 g/mol. The second-order valence-electron chi connectivity index (χ2n) is 4.22. The third-order valence-corrected chi connectivity index (χ3v) is 2.59. The Morgan fingerprint density at radius 1 is 1.36 bits per heavy atom. The first-order chi connectivity index (χ1) is 6.59. The molecule has 0 radical (unpaired) electrons. The van der Waals surface area contributed by atoms with Crippen LogP contribution in [0.3, 0.4) is 0 Å². The summed E-state index contributed by atoms with van der Waals surface area (Å²) in [5.74, 6) is 0. The van der Waals surface area contributed by atoms with Crippen molar-refractivity contribution in [3.05, 3.63) is 34.9 Å². The zero-order valence-electron chi connectivity index (χ0n) is 8.62. The minimum absolute atomic E-state index is 0.753. The van der Waals surface area contributed by atoms with Gasteiger partial charge >= 0.3 is 0 Å². The smallest absolute Gasteiger partial charge is 0.0843 e. The molecule has 1 heterocycles. The molecular formula is C12H15NO. The Labute approximate surface area is 84.3 Å². The van der Waals surface area contributed by atoms with Crippen LogP contribution < -0.4 is 0 Å². The van der Waals surface area contributed by atoms with Crippen molar-refractivity contribution in [2.75, 3.05) is 6.54 Å². The molecule has 0 saturated carbocycles. The van der Waals surface area contributed by atoms with Crippen LogP contribution in [0, 0.1) is 0 Å². The molecule has 2 rings (SSSR count). The lowest BCUT2D eigenvalue weighted by Crippen LogP contribution is -2.20. The van der Waals surface area contributed by atoms with Crippen molar-refractivity contribution in [3.8, 4) is 0 Å². The zero-order chi connectivity index (χ0) is 10.2. The Bertz CT molecular complexity index is 374. The topological polar surface area (TPSA) is 32.6 Å². The molecule has 1 aromatic rings. The van der Waals surface area contributed by atoms with Gasteiger partial charge in [0.1, 0.15) is 0 Å². The molecule has 0 spiro atoms. The summed E-state index contributed by atoms with van der Waals surface area (Å²) >= 11 is 0. The molecule has 0 unspecified atom stereocenters. The number of benzene rings is 1. The molecule has 2 heteroatoms. The van der Waals surface area contributed by atoms with Crippen LogP contribution in [0.25, 0.3) is 0 Å². The summed E-state index contributed by atoms with van der Waals surface area (Å²) in [6, 6.07) is 6.02. The summed E-state index contributed by atoms with van der Waals surface area (Å²) in [7, 11) is 0. The average Bonchev–Trinajstić information content (AvgIpc) is 2.15. The minimum atomic E-state index is -0.753. The first-order valence-electron chi connectivity index (χ1n) is 4.93. The molecule has 0 atom stereocenters. The van der Waals surface area contributed by atoms with Gasteiger partial charge in [-0.05, 0) is 37.0 Å². The summed E-state index contributed by atoms with van der Waals surface area (Å²) in [5, 5.41) is 10.0. The number of rotatable bonds is 1. The lowest BCUT2D eigenvalue weighted by molar-refractivity contribution is 0.0776. The minimum Gasteiger partial charge on any atom is -0.386 e. The zero-order valence-corrected chi connectivity index (χ0v) is 8.62. The third kappa shape index (κ3) is 1.58. The molecule has 0 fully saturated rings. The number of aliphatic hydroxyl groups is 1. The van der Waals surface area contributed by atoms with Gasteiger partial charge in [0.2, 0.25) is 0 Å². The van der Waals surface area contributed by atoms with E-state index in [1.807, 2.05) is 38.3 Å². The van der Waals surface area contributed by atoms with Crippen LogP contribution in [-0.4, -0.2) is 17.9 Å². The molecule has 2 nitrogen and oxygen atoms in total. The van der Waals surface area contributed by atoms with E-state index in [4.69, 9.17) is 0 Å². The van der Waals surface area contributed by atoms with Crippen LogP contribution >= 0.6 is 0 Å². The van der Waals surface area contributed by atoms with Gasteiger partial charge in [0.15, 0.2) is 0 Å². The summed E-state index contributed by atoms with van der Waals surface area (Å²) in [5.41, 5.74) is 2.67. The molecule has 1 N–H and O–H groups in total. The fourth-order valence-corrected chi connectivity index (χ4v) is 1.92. The first-order valence-corrected chi connectivity index (χ1v) is 4.93. The van der Waals surface area contributed by atoms with Gasteiger partial charge in [-0.15, -0.1) is 0 Å². The summed E-state index contributed by atoms with van der Waals surface area (Å²) < 4.78 is 0. The van der Waals surface area contributed by atoms with Crippen molar-refractivity contribution < 1.29 is 5.11 Å². The van der Waals surface area contributed by atoms with Crippen LogP contribution in [0.5, 0.6) is 0 Å². The maximum absolute atomic E-state index is 10.0. The highest BCUT2D eigenvalue weighted by Gasteiger charge is 2.21. The summed E-state index contributed by atoms with van der Waals surface area (Å²) in [6.45, 7) is 4.49. The normalized spacial score (nSPS) is 15.4. The number of aliphatic imine (C=N–C) groups is 1. The van der Waals surface area contributed by atoms with Crippen molar-refractivity contribution in [1.29, 1.82) is 0 Å². The van der Waals surface area contributed by atoms with E-state index >= 15 is 0 Å². The molecule has 0 aliphatic carbocycles. The Hall–Kier alpha value is -1.15. The van der Waals surface area contributed by atoms with E-state index in [1.165, 1.54) is 5.56 Å². The van der Waals surface area contributed by atoms with E-state index in [0.29, 0.717) is 0 Å². The molecule has 74 valence electrons. The maximum Gasteiger partial charge on any atom is 0.0843 e. The summed E-state index contributed by atoms with van der Waals surface area (Å²) in [6.07, 6.45) is 2.83. The monoisotopic (exact) mass is 189 g/mol. The van der Waals surface area contributed by atoms with Gasteiger partial charge in [-0.3, -0.25) is 4.99 Å². The van der Waals surface area contributed by atoms with Crippen molar-refractivity contribution in [1.82, 2.24) is 0 Å². The highest BCUT2D eigenvalue weighted by molar-refractivity contribution is 5.83. The predicted molar refractivity (Wildman–Crippen MR) is 57.9 cm³/mol. The third-order valence-electron chi connectivity index (χ3n) is 2.59. The largest absolute Gasteiger partial charge is 0.386 e. The number of nitrogens with zero attached hydrogens (tertiary/aromatic N) is 1. The standard InChI is InChI=1S/C12H15NO/c1-12(2,14)11-5-3-4-9-8-13-7-6-10(9)11/h3-5,8,14H,6-7H2,1-2H3. The molecule has 1 aromatic carbocycles. The highest BCUT2D eigenvalue weighted by Crippen LogP contribution is 2.27. The molecule has 0 bridgehead atoms. The summed E-state index contributed by atoms with van der Waals surface area (Å²) in [4.78, 5) is 4.23.